The third-order valence-electron chi connectivity index (χ3n) is 3.83. The van der Waals surface area contributed by atoms with Crippen LogP contribution in [0.2, 0.25) is 5.02 Å². The Morgan fingerprint density at radius 2 is 1.91 bits per heavy atom. The average Bonchev–Trinajstić information content (AvgIpc) is 2.48. The first-order valence-corrected chi connectivity index (χ1v) is 7.25. The van der Waals surface area contributed by atoms with Crippen LogP contribution in [0.15, 0.2) is 18.2 Å². The van der Waals surface area contributed by atoms with Crippen molar-refractivity contribution in [3.63, 3.8) is 0 Å². The minimum absolute atomic E-state index is 0.0240. The molecule has 1 aromatic carbocycles. The summed E-state index contributed by atoms with van der Waals surface area (Å²) in [6, 6.07) is 3.94. The second-order valence-electron chi connectivity index (χ2n) is 5.25. The topological polar surface area (TPSA) is 110 Å². The van der Waals surface area contributed by atoms with Crippen molar-refractivity contribution in [3.05, 3.63) is 33.3 Å². The highest BCUT2D eigenvalue weighted by Crippen LogP contribution is 2.32. The molecule has 0 aliphatic heterocycles. The zero-order valence-electron chi connectivity index (χ0n) is 11.6. The molecule has 1 aromatic rings. The Morgan fingerprint density at radius 1 is 1.27 bits per heavy atom. The number of nitro groups is 1. The number of carbonyl (C=O) groups excluding carboxylic acids is 1. The Bertz CT molecular complexity index is 619. The number of hydrogen-bond donors (Lipinski definition) is 2. The van der Waals surface area contributed by atoms with Crippen molar-refractivity contribution >= 4 is 34.9 Å². The molecule has 0 bridgehead atoms. The maximum absolute atomic E-state index is 12.3. The summed E-state index contributed by atoms with van der Waals surface area (Å²) in [4.78, 5) is 33.7. The number of nitrogens with zero attached hydrogens (tertiary/aromatic N) is 1. The summed E-state index contributed by atoms with van der Waals surface area (Å²) in [6.45, 7) is 0. The third-order valence-corrected chi connectivity index (χ3v) is 4.15. The van der Waals surface area contributed by atoms with Crippen LogP contribution >= 0.6 is 11.6 Å². The van der Waals surface area contributed by atoms with Gasteiger partial charge in [-0.2, -0.15) is 0 Å². The minimum Gasteiger partial charge on any atom is -0.481 e. The van der Waals surface area contributed by atoms with Crippen molar-refractivity contribution in [1.82, 2.24) is 0 Å². The van der Waals surface area contributed by atoms with Gasteiger partial charge >= 0.3 is 5.97 Å². The van der Waals surface area contributed by atoms with E-state index in [1.165, 1.54) is 18.2 Å². The maximum Gasteiger partial charge on any atom is 0.307 e. The molecule has 2 unspecified atom stereocenters. The molecule has 0 saturated heterocycles. The average molecular weight is 327 g/mol. The summed E-state index contributed by atoms with van der Waals surface area (Å²) in [5.74, 6) is -2.75. The fraction of sp³-hybridized carbons (Fsp3) is 0.429. The van der Waals surface area contributed by atoms with Crippen molar-refractivity contribution in [2.24, 2.45) is 11.8 Å². The molecule has 2 rings (SSSR count). The number of anilines is 1. The van der Waals surface area contributed by atoms with Crippen LogP contribution in [0, 0.1) is 22.0 Å². The largest absolute Gasteiger partial charge is 0.481 e. The normalized spacial score (nSPS) is 21.1. The number of carbonyl (C=O) groups is 2. The monoisotopic (exact) mass is 326 g/mol. The number of halogens is 1. The highest BCUT2D eigenvalue weighted by molar-refractivity contribution is 6.32. The number of nitro benzene ring substituents is 1. The van der Waals surface area contributed by atoms with Crippen LogP contribution in [0.5, 0.6) is 0 Å². The Kier molecular flexibility index (Phi) is 4.97. The first-order chi connectivity index (χ1) is 10.4. The van der Waals surface area contributed by atoms with Crippen LogP contribution in [0.25, 0.3) is 0 Å². The summed E-state index contributed by atoms with van der Waals surface area (Å²) in [5, 5.41) is 22.6. The molecule has 22 heavy (non-hydrogen) atoms. The quantitative estimate of drug-likeness (QED) is 0.652. The highest BCUT2D eigenvalue weighted by atomic mass is 35.5. The van der Waals surface area contributed by atoms with Crippen molar-refractivity contribution < 1.29 is 19.6 Å². The predicted molar refractivity (Wildman–Crippen MR) is 79.8 cm³/mol. The molecule has 2 N–H and O–H groups in total. The first kappa shape index (κ1) is 16.2. The van der Waals surface area contributed by atoms with Gasteiger partial charge in [0.25, 0.3) is 5.69 Å². The predicted octanol–water partition coefficient (Wildman–Crippen LogP) is 3.08. The number of carboxylic acids is 1. The van der Waals surface area contributed by atoms with Gasteiger partial charge in [0, 0.05) is 11.8 Å². The Labute approximate surface area is 131 Å². The van der Waals surface area contributed by atoms with E-state index in [0.29, 0.717) is 12.8 Å². The van der Waals surface area contributed by atoms with Crippen LogP contribution in [0.3, 0.4) is 0 Å². The van der Waals surface area contributed by atoms with Gasteiger partial charge in [0.05, 0.1) is 16.8 Å². The molecule has 0 radical (unpaired) electrons. The van der Waals surface area contributed by atoms with Gasteiger partial charge in [0.1, 0.15) is 5.02 Å². The fourth-order valence-corrected chi connectivity index (χ4v) is 2.89. The van der Waals surface area contributed by atoms with E-state index < -0.39 is 28.6 Å². The lowest BCUT2D eigenvalue weighted by atomic mass is 9.78. The fourth-order valence-electron chi connectivity index (χ4n) is 2.71. The van der Waals surface area contributed by atoms with Crippen molar-refractivity contribution in [3.8, 4) is 0 Å². The summed E-state index contributed by atoms with van der Waals surface area (Å²) < 4.78 is 0. The number of carboxylic acid groups (broad SMARTS) is 1. The number of amides is 1. The SMILES string of the molecule is O=C(O)C1CCCCC1C(=O)Nc1ccc(Cl)c([N+](=O)[O-])c1. The van der Waals surface area contributed by atoms with E-state index >= 15 is 0 Å². The second kappa shape index (κ2) is 6.74. The zero-order valence-corrected chi connectivity index (χ0v) is 12.4. The van der Waals surface area contributed by atoms with Gasteiger partial charge in [-0.15, -0.1) is 0 Å². The Hall–Kier alpha value is -2.15. The number of hydrogen-bond acceptors (Lipinski definition) is 4. The molecular formula is C14H15ClN2O5. The molecule has 1 aliphatic rings. The molecule has 0 aromatic heterocycles. The van der Waals surface area contributed by atoms with Crippen molar-refractivity contribution in [2.45, 2.75) is 25.7 Å². The van der Waals surface area contributed by atoms with Crippen LogP contribution in [0.1, 0.15) is 25.7 Å². The lowest BCUT2D eigenvalue weighted by molar-refractivity contribution is -0.384. The van der Waals surface area contributed by atoms with Gasteiger partial charge in [0.2, 0.25) is 5.91 Å². The first-order valence-electron chi connectivity index (χ1n) is 6.87. The van der Waals surface area contributed by atoms with Gasteiger partial charge in [-0.1, -0.05) is 24.4 Å². The molecule has 2 atom stereocenters. The molecule has 1 saturated carbocycles. The van der Waals surface area contributed by atoms with E-state index in [-0.39, 0.29) is 16.4 Å². The van der Waals surface area contributed by atoms with Gasteiger partial charge in [-0.25, -0.2) is 0 Å². The van der Waals surface area contributed by atoms with E-state index in [9.17, 15) is 24.8 Å². The van der Waals surface area contributed by atoms with E-state index in [1.807, 2.05) is 0 Å². The molecule has 0 spiro atoms. The standard InChI is InChI=1S/C14H15ClN2O5/c15-11-6-5-8(7-12(11)17(21)22)16-13(18)9-3-1-2-4-10(9)14(19)20/h5-7,9-10H,1-4H2,(H,16,18)(H,19,20). The molecule has 1 fully saturated rings. The minimum atomic E-state index is -0.984. The summed E-state index contributed by atoms with van der Waals surface area (Å²) in [7, 11) is 0. The van der Waals surface area contributed by atoms with E-state index in [1.54, 1.807) is 0 Å². The van der Waals surface area contributed by atoms with Gasteiger partial charge in [0.15, 0.2) is 0 Å². The molecule has 118 valence electrons. The number of aliphatic carboxylic acids is 1. The van der Waals surface area contributed by atoms with Gasteiger partial charge in [-0.3, -0.25) is 19.7 Å². The zero-order chi connectivity index (χ0) is 16.3. The Morgan fingerprint density at radius 3 is 2.50 bits per heavy atom. The van der Waals surface area contributed by atoms with Crippen LogP contribution < -0.4 is 5.32 Å². The molecule has 0 heterocycles. The van der Waals surface area contributed by atoms with E-state index in [2.05, 4.69) is 5.32 Å². The van der Waals surface area contributed by atoms with Crippen LogP contribution in [-0.4, -0.2) is 21.9 Å². The summed E-state index contributed by atoms with van der Waals surface area (Å²) >= 11 is 5.71. The molecule has 7 nitrogen and oxygen atoms in total. The molecule has 8 heteroatoms. The maximum atomic E-state index is 12.3. The summed E-state index contributed by atoms with van der Waals surface area (Å²) in [5.41, 5.74) is -0.0753. The van der Waals surface area contributed by atoms with E-state index in [4.69, 9.17) is 11.6 Å². The van der Waals surface area contributed by atoms with Gasteiger partial charge in [-0.05, 0) is 25.0 Å². The molecule has 1 aliphatic carbocycles. The van der Waals surface area contributed by atoms with Gasteiger partial charge < -0.3 is 10.4 Å². The molecular weight excluding hydrogens is 312 g/mol. The third kappa shape index (κ3) is 3.54. The van der Waals surface area contributed by atoms with Crippen molar-refractivity contribution in [1.29, 1.82) is 0 Å². The number of nitrogens with one attached hydrogen (secondary N) is 1. The molecule has 1 amide bonds. The van der Waals surface area contributed by atoms with Crippen LogP contribution in [0.4, 0.5) is 11.4 Å². The van der Waals surface area contributed by atoms with Crippen molar-refractivity contribution in [2.75, 3.05) is 5.32 Å². The second-order valence-corrected chi connectivity index (χ2v) is 5.66. The van der Waals surface area contributed by atoms with E-state index in [0.717, 1.165) is 12.8 Å². The number of rotatable bonds is 4. The summed E-state index contributed by atoms with van der Waals surface area (Å²) in [6.07, 6.45) is 2.54. The smallest absolute Gasteiger partial charge is 0.307 e. The Balaban J connectivity index is 2.16. The van der Waals surface area contributed by atoms with Crippen LogP contribution in [-0.2, 0) is 9.59 Å². The number of benzene rings is 1. The highest BCUT2D eigenvalue weighted by Gasteiger charge is 2.35. The lowest BCUT2D eigenvalue weighted by Gasteiger charge is -2.27. The lowest BCUT2D eigenvalue weighted by Crippen LogP contribution is -2.36.